The number of imide groups is 1. The third kappa shape index (κ3) is 4.22. The van der Waals surface area contributed by atoms with Crippen molar-refractivity contribution in [2.75, 3.05) is 21.7 Å². The lowest BCUT2D eigenvalue weighted by Crippen LogP contribution is -2.35. The first-order chi connectivity index (χ1) is 16.3. The molecule has 1 heterocycles. The van der Waals surface area contributed by atoms with Gasteiger partial charge in [-0.05, 0) is 62.2 Å². The van der Waals surface area contributed by atoms with E-state index in [1.165, 1.54) is 11.8 Å². The maximum Gasteiger partial charge on any atom is 0.282 e. The van der Waals surface area contributed by atoms with Gasteiger partial charge in [-0.15, -0.1) is 0 Å². The number of rotatable bonds is 6. The summed E-state index contributed by atoms with van der Waals surface area (Å²) in [7, 11) is 0. The van der Waals surface area contributed by atoms with E-state index in [1.807, 2.05) is 74.2 Å². The molecule has 0 aromatic heterocycles. The van der Waals surface area contributed by atoms with Crippen molar-refractivity contribution in [2.24, 2.45) is 0 Å². The Kier molecular flexibility index (Phi) is 6.32. The molecule has 0 unspecified atom stereocenters. The minimum Gasteiger partial charge on any atom is -0.337 e. The van der Waals surface area contributed by atoms with E-state index >= 15 is 0 Å². The van der Waals surface area contributed by atoms with Crippen molar-refractivity contribution >= 4 is 40.4 Å². The molecule has 3 amide bonds. The van der Waals surface area contributed by atoms with Crippen molar-refractivity contribution in [1.29, 1.82) is 0 Å². The highest BCUT2D eigenvalue weighted by Gasteiger charge is 2.43. The second-order valence-electron chi connectivity index (χ2n) is 8.30. The van der Waals surface area contributed by atoms with Crippen LogP contribution in [0.3, 0.4) is 0 Å². The van der Waals surface area contributed by atoms with Crippen LogP contribution in [-0.4, -0.2) is 24.3 Å². The third-order valence-electron chi connectivity index (χ3n) is 5.80. The summed E-state index contributed by atoms with van der Waals surface area (Å²) in [6.07, 6.45) is 0. The van der Waals surface area contributed by atoms with E-state index in [2.05, 4.69) is 5.32 Å². The van der Waals surface area contributed by atoms with Gasteiger partial charge in [0.15, 0.2) is 0 Å². The number of amides is 3. The van der Waals surface area contributed by atoms with Crippen molar-refractivity contribution < 1.29 is 14.4 Å². The minimum absolute atomic E-state index is 0.179. The zero-order valence-corrected chi connectivity index (χ0v) is 19.8. The molecule has 1 aliphatic rings. The fourth-order valence-corrected chi connectivity index (χ4v) is 4.31. The monoisotopic (exact) mass is 453 g/mol. The lowest BCUT2D eigenvalue weighted by Gasteiger charge is -2.25. The van der Waals surface area contributed by atoms with E-state index in [0.717, 1.165) is 16.8 Å². The van der Waals surface area contributed by atoms with Gasteiger partial charge in [0.05, 0.1) is 11.3 Å². The average molecular weight is 454 g/mol. The number of hydrogen-bond acceptors (Lipinski definition) is 4. The molecule has 0 bridgehead atoms. The predicted octanol–water partition coefficient (Wildman–Crippen LogP) is 5.07. The lowest BCUT2D eigenvalue weighted by atomic mass is 10.0. The van der Waals surface area contributed by atoms with Crippen molar-refractivity contribution in [3.05, 3.63) is 95.2 Å². The van der Waals surface area contributed by atoms with E-state index in [-0.39, 0.29) is 17.7 Å². The molecule has 34 heavy (non-hydrogen) atoms. The van der Waals surface area contributed by atoms with Gasteiger partial charge in [-0.2, -0.15) is 0 Å². The number of nitrogens with one attached hydrogen (secondary N) is 1. The van der Waals surface area contributed by atoms with Crippen LogP contribution >= 0.6 is 0 Å². The van der Waals surface area contributed by atoms with Gasteiger partial charge in [-0.25, -0.2) is 4.90 Å². The first-order valence-corrected chi connectivity index (χ1v) is 11.2. The van der Waals surface area contributed by atoms with Gasteiger partial charge >= 0.3 is 0 Å². The summed E-state index contributed by atoms with van der Waals surface area (Å²) >= 11 is 0. The molecule has 0 saturated heterocycles. The van der Waals surface area contributed by atoms with Crippen LogP contribution in [0.4, 0.5) is 17.1 Å². The Balaban J connectivity index is 1.88. The summed E-state index contributed by atoms with van der Waals surface area (Å²) < 4.78 is 0. The van der Waals surface area contributed by atoms with Gasteiger partial charge in [-0.3, -0.25) is 14.4 Å². The summed E-state index contributed by atoms with van der Waals surface area (Å²) in [6, 6.07) is 22.2. The lowest BCUT2D eigenvalue weighted by molar-refractivity contribution is -0.120. The number of aryl methyl sites for hydroxylation is 2. The van der Waals surface area contributed by atoms with Crippen LogP contribution in [0.5, 0.6) is 0 Å². The van der Waals surface area contributed by atoms with E-state index in [4.69, 9.17) is 0 Å². The van der Waals surface area contributed by atoms with Crippen LogP contribution in [-0.2, 0) is 14.4 Å². The highest BCUT2D eigenvalue weighted by atomic mass is 16.2. The zero-order chi connectivity index (χ0) is 24.4. The molecular formula is C28H27N3O3. The topological polar surface area (TPSA) is 69.7 Å². The first-order valence-electron chi connectivity index (χ1n) is 11.2. The molecule has 6 nitrogen and oxygen atoms in total. The van der Waals surface area contributed by atoms with Crippen molar-refractivity contribution in [1.82, 2.24) is 0 Å². The fourth-order valence-electron chi connectivity index (χ4n) is 4.31. The average Bonchev–Trinajstić information content (AvgIpc) is 3.06. The Labute approximate surface area is 199 Å². The molecule has 0 spiro atoms. The largest absolute Gasteiger partial charge is 0.337 e. The number of nitrogens with zero attached hydrogens (tertiary/aromatic N) is 2. The second kappa shape index (κ2) is 9.35. The normalized spacial score (nSPS) is 13.5. The summed E-state index contributed by atoms with van der Waals surface area (Å²) in [5, 5.41) is 2.73. The molecular weight excluding hydrogens is 426 g/mol. The van der Waals surface area contributed by atoms with Crippen molar-refractivity contribution in [3.8, 4) is 0 Å². The number of anilines is 3. The molecule has 0 aliphatic carbocycles. The predicted molar refractivity (Wildman–Crippen MR) is 136 cm³/mol. The molecule has 172 valence electrons. The number of carbonyl (C=O) groups is 3. The van der Waals surface area contributed by atoms with Gasteiger partial charge in [0, 0.05) is 24.8 Å². The Hall–Kier alpha value is -4.19. The van der Waals surface area contributed by atoms with Crippen molar-refractivity contribution in [3.63, 3.8) is 0 Å². The highest BCUT2D eigenvalue weighted by molar-refractivity contribution is 6.46. The fraction of sp³-hybridized carbons (Fsp3) is 0.179. The van der Waals surface area contributed by atoms with Crippen LogP contribution in [0, 0.1) is 13.8 Å². The minimum atomic E-state index is -0.367. The number of benzene rings is 3. The Morgan fingerprint density at radius 2 is 1.59 bits per heavy atom. The molecule has 3 aromatic carbocycles. The number of hydrogen-bond donors (Lipinski definition) is 1. The van der Waals surface area contributed by atoms with Gasteiger partial charge in [0.1, 0.15) is 5.70 Å². The zero-order valence-electron chi connectivity index (χ0n) is 19.8. The molecule has 0 radical (unpaired) electrons. The first kappa shape index (κ1) is 23.0. The van der Waals surface area contributed by atoms with E-state index in [9.17, 15) is 14.4 Å². The van der Waals surface area contributed by atoms with E-state index in [1.54, 1.807) is 24.3 Å². The molecule has 3 aromatic rings. The number of carbonyl (C=O) groups excluding carboxylic acids is 3. The second-order valence-corrected chi connectivity index (χ2v) is 8.30. The van der Waals surface area contributed by atoms with Crippen LogP contribution in [0.2, 0.25) is 0 Å². The van der Waals surface area contributed by atoms with Crippen LogP contribution in [0.1, 0.15) is 30.5 Å². The molecule has 0 atom stereocenters. The van der Waals surface area contributed by atoms with Crippen molar-refractivity contribution in [2.45, 2.75) is 27.7 Å². The van der Waals surface area contributed by atoms with Crippen LogP contribution < -0.4 is 15.1 Å². The van der Waals surface area contributed by atoms with Gasteiger partial charge in [-0.1, -0.05) is 48.0 Å². The molecule has 1 aliphatic heterocycles. The SMILES string of the molecule is CCN(C1=C(c2ccc(NC(C)=O)cc2)C(=O)N(c2ccc(C)cc2C)C1=O)c1ccccc1. The molecule has 0 saturated carbocycles. The summed E-state index contributed by atoms with van der Waals surface area (Å²) in [4.78, 5) is 42.3. The molecule has 0 fully saturated rings. The summed E-state index contributed by atoms with van der Waals surface area (Å²) in [5.74, 6) is -0.903. The quantitative estimate of drug-likeness (QED) is 0.529. The van der Waals surface area contributed by atoms with E-state index < -0.39 is 0 Å². The standard InChI is InChI=1S/C28H27N3O3/c1-5-30(23-9-7-6-8-10-23)26-25(21-12-14-22(15-13-21)29-20(4)32)27(33)31(28(26)34)24-16-11-18(2)17-19(24)3/h6-17H,5H2,1-4H3,(H,29,32). The van der Waals surface area contributed by atoms with Crippen LogP contribution in [0.15, 0.2) is 78.5 Å². The Morgan fingerprint density at radius 1 is 0.912 bits per heavy atom. The molecule has 4 rings (SSSR count). The van der Waals surface area contributed by atoms with Gasteiger partial charge in [0.2, 0.25) is 5.91 Å². The Bertz CT molecular complexity index is 1290. The smallest absolute Gasteiger partial charge is 0.282 e. The van der Waals surface area contributed by atoms with E-state index in [0.29, 0.717) is 34.8 Å². The van der Waals surface area contributed by atoms with Gasteiger partial charge < -0.3 is 10.2 Å². The highest BCUT2D eigenvalue weighted by Crippen LogP contribution is 2.38. The summed E-state index contributed by atoms with van der Waals surface area (Å²) in [5.41, 5.74) is 5.23. The number of para-hydroxylation sites is 1. The maximum absolute atomic E-state index is 13.9. The van der Waals surface area contributed by atoms with Gasteiger partial charge in [0.25, 0.3) is 11.8 Å². The summed E-state index contributed by atoms with van der Waals surface area (Å²) in [6.45, 7) is 7.78. The maximum atomic E-state index is 13.9. The number of likely N-dealkylation sites (N-methyl/N-ethyl adjacent to an activating group) is 1. The molecule has 1 N–H and O–H groups in total. The third-order valence-corrected chi connectivity index (χ3v) is 5.80. The van der Waals surface area contributed by atoms with Crippen LogP contribution in [0.25, 0.3) is 5.57 Å². The molecule has 6 heteroatoms. The Morgan fingerprint density at radius 3 is 2.18 bits per heavy atom.